The minimum Gasteiger partial charge on any atom is -0.285 e. The van der Waals surface area contributed by atoms with E-state index in [9.17, 15) is 8.42 Å². The number of hydrogen-bond donors (Lipinski definition) is 0. The maximum atomic E-state index is 13.1. The summed E-state index contributed by atoms with van der Waals surface area (Å²) >= 11 is 3.35. The first-order chi connectivity index (χ1) is 11.6. The zero-order valence-corrected chi connectivity index (χ0v) is 15.1. The zero-order chi connectivity index (χ0) is 16.7. The molecule has 0 aliphatic carbocycles. The quantitative estimate of drug-likeness (QED) is 0.670. The molecule has 124 valence electrons. The van der Waals surface area contributed by atoms with E-state index in [1.807, 2.05) is 28.8 Å². The smallest absolute Gasteiger partial charge is 0.244 e. The molecule has 1 aliphatic rings. The van der Waals surface area contributed by atoms with Crippen molar-refractivity contribution in [3.8, 4) is 0 Å². The highest BCUT2D eigenvalue weighted by atomic mass is 79.9. The highest BCUT2D eigenvalue weighted by Gasteiger charge is 2.39. The van der Waals surface area contributed by atoms with Crippen molar-refractivity contribution in [1.82, 2.24) is 18.9 Å². The standard InChI is InChI=1S/C16H15BrN4O2S/c17-12-6-1-2-8-14(12)24(22,23)21-11-5-7-13(21)16-19-18-15-9-3-4-10-20(15)16/h1-4,6,8-10,13H,5,7,11H2/t13-/m1/s1. The van der Waals surface area contributed by atoms with Gasteiger partial charge in [-0.25, -0.2) is 8.42 Å². The van der Waals surface area contributed by atoms with Crippen LogP contribution in [-0.2, 0) is 10.0 Å². The second-order valence-electron chi connectivity index (χ2n) is 5.69. The predicted molar refractivity (Wildman–Crippen MR) is 93.0 cm³/mol. The van der Waals surface area contributed by atoms with Gasteiger partial charge in [-0.2, -0.15) is 4.31 Å². The topological polar surface area (TPSA) is 67.6 Å². The van der Waals surface area contributed by atoms with Crippen molar-refractivity contribution in [2.45, 2.75) is 23.8 Å². The van der Waals surface area contributed by atoms with Crippen LogP contribution in [0.4, 0.5) is 0 Å². The number of hydrogen-bond acceptors (Lipinski definition) is 4. The first-order valence-electron chi connectivity index (χ1n) is 7.65. The molecule has 1 fully saturated rings. The second-order valence-corrected chi connectivity index (χ2v) is 8.40. The van der Waals surface area contributed by atoms with Gasteiger partial charge in [0, 0.05) is 17.2 Å². The summed E-state index contributed by atoms with van der Waals surface area (Å²) in [6.45, 7) is 0.482. The van der Waals surface area contributed by atoms with Gasteiger partial charge in [-0.3, -0.25) is 4.40 Å². The molecule has 24 heavy (non-hydrogen) atoms. The molecule has 8 heteroatoms. The largest absolute Gasteiger partial charge is 0.285 e. The van der Waals surface area contributed by atoms with Crippen molar-refractivity contribution in [2.24, 2.45) is 0 Å². The molecule has 6 nitrogen and oxygen atoms in total. The molecule has 0 unspecified atom stereocenters. The van der Waals surface area contributed by atoms with Crippen LogP contribution in [0.25, 0.3) is 5.65 Å². The summed E-state index contributed by atoms with van der Waals surface area (Å²) in [7, 11) is -3.61. The molecule has 1 atom stereocenters. The van der Waals surface area contributed by atoms with Crippen molar-refractivity contribution >= 4 is 31.6 Å². The lowest BCUT2D eigenvalue weighted by Gasteiger charge is -2.23. The summed E-state index contributed by atoms with van der Waals surface area (Å²) in [6, 6.07) is 12.2. The van der Waals surface area contributed by atoms with Crippen LogP contribution >= 0.6 is 15.9 Å². The molecule has 0 radical (unpaired) electrons. The van der Waals surface area contributed by atoms with Crippen LogP contribution in [0, 0.1) is 0 Å². The Balaban J connectivity index is 1.80. The Morgan fingerprint density at radius 1 is 1.08 bits per heavy atom. The maximum Gasteiger partial charge on any atom is 0.244 e. The maximum absolute atomic E-state index is 13.1. The summed E-state index contributed by atoms with van der Waals surface area (Å²) in [4.78, 5) is 0.283. The Morgan fingerprint density at radius 3 is 2.71 bits per heavy atom. The number of sulfonamides is 1. The molecule has 1 aromatic carbocycles. The van der Waals surface area contributed by atoms with Gasteiger partial charge in [0.25, 0.3) is 0 Å². The minimum absolute atomic E-state index is 0.283. The van der Waals surface area contributed by atoms with E-state index in [1.54, 1.807) is 24.3 Å². The van der Waals surface area contributed by atoms with E-state index >= 15 is 0 Å². The molecule has 1 aliphatic heterocycles. The van der Waals surface area contributed by atoms with Gasteiger partial charge in [-0.05, 0) is 53.0 Å². The number of pyridine rings is 1. The van der Waals surface area contributed by atoms with Crippen LogP contribution in [0.2, 0.25) is 0 Å². The Morgan fingerprint density at radius 2 is 1.88 bits per heavy atom. The molecular formula is C16H15BrN4O2S. The summed E-state index contributed by atoms with van der Waals surface area (Å²) < 4.78 is 30.2. The second kappa shape index (κ2) is 5.94. The van der Waals surface area contributed by atoms with Gasteiger partial charge in [-0.1, -0.05) is 18.2 Å². The van der Waals surface area contributed by atoms with Gasteiger partial charge < -0.3 is 0 Å². The number of fused-ring (bicyclic) bond motifs is 1. The summed E-state index contributed by atoms with van der Waals surface area (Å²) in [5, 5.41) is 8.40. The molecule has 1 saturated heterocycles. The fourth-order valence-electron chi connectivity index (χ4n) is 3.15. The molecule has 3 heterocycles. The van der Waals surface area contributed by atoms with Crippen LogP contribution in [0.3, 0.4) is 0 Å². The number of benzene rings is 1. The van der Waals surface area contributed by atoms with E-state index < -0.39 is 10.0 Å². The van der Waals surface area contributed by atoms with E-state index in [2.05, 4.69) is 26.1 Å². The van der Waals surface area contributed by atoms with Crippen LogP contribution in [0.5, 0.6) is 0 Å². The van der Waals surface area contributed by atoms with Crippen molar-refractivity contribution in [3.05, 3.63) is 59.0 Å². The van der Waals surface area contributed by atoms with Gasteiger partial charge in [0.15, 0.2) is 11.5 Å². The van der Waals surface area contributed by atoms with Crippen LogP contribution < -0.4 is 0 Å². The highest BCUT2D eigenvalue weighted by Crippen LogP contribution is 2.37. The van der Waals surface area contributed by atoms with E-state index in [0.29, 0.717) is 16.8 Å². The van der Waals surface area contributed by atoms with Gasteiger partial charge in [0.1, 0.15) is 0 Å². The third-order valence-electron chi connectivity index (χ3n) is 4.27. The van der Waals surface area contributed by atoms with Crippen LogP contribution in [0.15, 0.2) is 58.0 Å². The SMILES string of the molecule is O=S(=O)(c1ccccc1Br)N1CCC[C@@H]1c1nnc2ccccn12. The molecule has 0 bridgehead atoms. The Labute approximate surface area is 148 Å². The third-order valence-corrected chi connectivity index (χ3v) is 7.19. The fraction of sp³-hybridized carbons (Fsp3) is 0.250. The number of aromatic nitrogens is 3. The lowest BCUT2D eigenvalue weighted by molar-refractivity contribution is 0.381. The average molecular weight is 407 g/mol. The van der Waals surface area contributed by atoms with E-state index in [1.165, 1.54) is 4.31 Å². The Kier molecular flexibility index (Phi) is 3.90. The summed E-state index contributed by atoms with van der Waals surface area (Å²) in [6.07, 6.45) is 3.40. The van der Waals surface area contributed by atoms with Gasteiger partial charge >= 0.3 is 0 Å². The normalized spacial score (nSPS) is 19.1. The van der Waals surface area contributed by atoms with Gasteiger partial charge in [-0.15, -0.1) is 10.2 Å². The van der Waals surface area contributed by atoms with E-state index in [0.717, 1.165) is 18.5 Å². The van der Waals surface area contributed by atoms with E-state index in [4.69, 9.17) is 0 Å². The number of halogens is 1. The monoisotopic (exact) mass is 406 g/mol. The molecule has 4 rings (SSSR count). The molecule has 0 amide bonds. The summed E-state index contributed by atoms with van der Waals surface area (Å²) in [5.41, 5.74) is 0.720. The molecule has 2 aromatic heterocycles. The van der Waals surface area contributed by atoms with Crippen molar-refractivity contribution in [1.29, 1.82) is 0 Å². The number of rotatable bonds is 3. The molecule has 0 saturated carbocycles. The average Bonchev–Trinajstić information content (AvgIpc) is 3.21. The highest BCUT2D eigenvalue weighted by molar-refractivity contribution is 9.10. The molecule has 0 N–H and O–H groups in total. The van der Waals surface area contributed by atoms with Crippen molar-refractivity contribution in [2.75, 3.05) is 6.54 Å². The van der Waals surface area contributed by atoms with Crippen molar-refractivity contribution < 1.29 is 8.42 Å². The van der Waals surface area contributed by atoms with Crippen molar-refractivity contribution in [3.63, 3.8) is 0 Å². The van der Waals surface area contributed by atoms with Gasteiger partial charge in [0.05, 0.1) is 10.9 Å². The Hall–Kier alpha value is -1.77. The first-order valence-corrected chi connectivity index (χ1v) is 9.88. The predicted octanol–water partition coefficient (Wildman–Crippen LogP) is 3.02. The minimum atomic E-state index is -3.61. The molecular weight excluding hydrogens is 392 g/mol. The summed E-state index contributed by atoms with van der Waals surface area (Å²) in [5.74, 6) is 0.665. The lowest BCUT2D eigenvalue weighted by atomic mass is 10.2. The molecule has 3 aromatic rings. The first kappa shape index (κ1) is 15.7. The van der Waals surface area contributed by atoms with Crippen LogP contribution in [0.1, 0.15) is 24.7 Å². The Bertz CT molecular complexity index is 1000. The lowest BCUT2D eigenvalue weighted by Crippen LogP contribution is -2.31. The third kappa shape index (κ3) is 2.45. The van der Waals surface area contributed by atoms with E-state index in [-0.39, 0.29) is 10.9 Å². The molecule has 0 spiro atoms. The van der Waals surface area contributed by atoms with Gasteiger partial charge in [0.2, 0.25) is 10.0 Å². The zero-order valence-electron chi connectivity index (χ0n) is 12.7. The fourth-order valence-corrected chi connectivity index (χ4v) is 5.77. The van der Waals surface area contributed by atoms with Crippen LogP contribution in [-0.4, -0.2) is 33.9 Å². The number of nitrogens with zero attached hydrogens (tertiary/aromatic N) is 4.